The first kappa shape index (κ1) is 18.5. The monoisotopic (exact) mass is 394 g/mol. The second kappa shape index (κ2) is 8.02. The van der Waals surface area contributed by atoms with Crippen molar-refractivity contribution < 1.29 is 14.3 Å². The molecule has 1 amide bonds. The van der Waals surface area contributed by atoms with Gasteiger partial charge in [0.1, 0.15) is 18.1 Å². The van der Waals surface area contributed by atoms with Gasteiger partial charge in [0.15, 0.2) is 11.5 Å². The zero-order chi connectivity index (χ0) is 19.5. The molecule has 1 unspecified atom stereocenters. The minimum absolute atomic E-state index is 0.100. The molecule has 0 saturated heterocycles. The number of nitrogens with zero attached hydrogens (tertiary/aromatic N) is 1. The lowest BCUT2D eigenvalue weighted by Gasteiger charge is -2.21. The molecule has 2 heterocycles. The lowest BCUT2D eigenvalue weighted by Crippen LogP contribution is -2.26. The summed E-state index contributed by atoms with van der Waals surface area (Å²) in [5.41, 5.74) is 2.93. The molecular weight excluding hydrogens is 372 g/mol. The summed E-state index contributed by atoms with van der Waals surface area (Å²) >= 11 is 1.45. The topological polar surface area (TPSA) is 60.5 Å². The molecule has 1 aliphatic heterocycles. The molecule has 1 N–H and O–H groups in total. The highest BCUT2D eigenvalue weighted by atomic mass is 32.1. The number of nitrogens with one attached hydrogen (secondary N) is 1. The second-order valence-electron chi connectivity index (χ2n) is 6.78. The number of aryl methyl sites for hydroxylation is 1. The first-order valence-electron chi connectivity index (χ1n) is 9.31. The summed E-state index contributed by atoms with van der Waals surface area (Å²) in [6, 6.07) is 15.8. The fraction of sp³-hybridized carbons (Fsp3) is 0.273. The average Bonchev–Trinajstić information content (AvgIpc) is 3.08. The number of carbonyl (C=O) groups is 1. The molecule has 6 heteroatoms. The Morgan fingerprint density at radius 1 is 1.14 bits per heavy atom. The van der Waals surface area contributed by atoms with E-state index >= 15 is 0 Å². The number of thiazole rings is 1. The summed E-state index contributed by atoms with van der Waals surface area (Å²) < 4.78 is 11.2. The summed E-state index contributed by atoms with van der Waals surface area (Å²) in [4.78, 5) is 18.1. The van der Waals surface area contributed by atoms with Gasteiger partial charge in [0.05, 0.1) is 16.7 Å². The van der Waals surface area contributed by atoms with E-state index in [0.717, 1.165) is 34.2 Å². The van der Waals surface area contributed by atoms with Crippen LogP contribution in [0, 0.1) is 6.92 Å². The van der Waals surface area contributed by atoms with Crippen molar-refractivity contribution in [3.8, 4) is 11.5 Å². The molecular formula is C22H22N2O3S. The molecule has 1 aromatic heterocycles. The van der Waals surface area contributed by atoms with Crippen LogP contribution < -0.4 is 14.8 Å². The van der Waals surface area contributed by atoms with Crippen LogP contribution in [0.3, 0.4) is 0 Å². The van der Waals surface area contributed by atoms with Crippen LogP contribution >= 0.6 is 11.3 Å². The molecule has 0 aliphatic carbocycles. The number of fused-ring (bicyclic) bond motifs is 1. The third kappa shape index (κ3) is 4.02. The molecule has 0 bridgehead atoms. The van der Waals surface area contributed by atoms with Crippen LogP contribution in [0.1, 0.15) is 44.5 Å². The number of benzene rings is 2. The molecule has 144 valence electrons. The Hall–Kier alpha value is -2.86. The van der Waals surface area contributed by atoms with Gasteiger partial charge in [-0.25, -0.2) is 4.98 Å². The van der Waals surface area contributed by atoms with Gasteiger partial charge < -0.3 is 14.8 Å². The Kier molecular flexibility index (Phi) is 5.30. The Morgan fingerprint density at radius 2 is 1.89 bits per heavy atom. The summed E-state index contributed by atoms with van der Waals surface area (Å²) in [5, 5.41) is 4.02. The number of hydrogen-bond acceptors (Lipinski definition) is 5. The van der Waals surface area contributed by atoms with Crippen molar-refractivity contribution in [1.82, 2.24) is 10.3 Å². The summed E-state index contributed by atoms with van der Waals surface area (Å²) in [6.07, 6.45) is 0.733. The molecule has 0 saturated carbocycles. The standard InChI is InChI=1S/C22H22N2O3S/c1-14(17-8-9-18-19(13-17)27-11-10-26-18)24-22(25)21-15(2)23-20(28-21)12-16-6-4-3-5-7-16/h3-9,13-14H,10-12H2,1-2H3,(H,24,25). The lowest BCUT2D eigenvalue weighted by atomic mass is 10.1. The van der Waals surface area contributed by atoms with Gasteiger partial charge in [0.2, 0.25) is 0 Å². The highest BCUT2D eigenvalue weighted by Crippen LogP contribution is 2.32. The first-order valence-corrected chi connectivity index (χ1v) is 10.1. The zero-order valence-corrected chi connectivity index (χ0v) is 16.7. The maximum absolute atomic E-state index is 12.8. The Balaban J connectivity index is 1.46. The van der Waals surface area contributed by atoms with Crippen LogP contribution in [0.25, 0.3) is 0 Å². The predicted molar refractivity (Wildman–Crippen MR) is 109 cm³/mol. The van der Waals surface area contributed by atoms with E-state index in [1.54, 1.807) is 0 Å². The van der Waals surface area contributed by atoms with Gasteiger partial charge >= 0.3 is 0 Å². The number of carbonyl (C=O) groups excluding carboxylic acids is 1. The highest BCUT2D eigenvalue weighted by molar-refractivity contribution is 7.13. The Morgan fingerprint density at radius 3 is 2.68 bits per heavy atom. The van der Waals surface area contributed by atoms with Gasteiger partial charge in [-0.2, -0.15) is 0 Å². The third-order valence-electron chi connectivity index (χ3n) is 4.66. The Labute approximate surface area is 168 Å². The van der Waals surface area contributed by atoms with E-state index in [9.17, 15) is 4.79 Å². The average molecular weight is 394 g/mol. The molecule has 0 spiro atoms. The minimum Gasteiger partial charge on any atom is -0.486 e. The van der Waals surface area contributed by atoms with E-state index in [1.165, 1.54) is 16.9 Å². The molecule has 3 aromatic rings. The molecule has 1 atom stereocenters. The van der Waals surface area contributed by atoms with E-state index in [0.29, 0.717) is 18.1 Å². The number of hydrogen-bond donors (Lipinski definition) is 1. The quantitative estimate of drug-likeness (QED) is 0.701. The van der Waals surface area contributed by atoms with Gasteiger partial charge in [0, 0.05) is 6.42 Å². The van der Waals surface area contributed by atoms with Crippen LogP contribution in [-0.4, -0.2) is 24.1 Å². The second-order valence-corrected chi connectivity index (χ2v) is 7.87. The van der Waals surface area contributed by atoms with Gasteiger partial charge in [0.25, 0.3) is 5.91 Å². The lowest BCUT2D eigenvalue weighted by molar-refractivity contribution is 0.0943. The maximum atomic E-state index is 12.8. The summed E-state index contributed by atoms with van der Waals surface area (Å²) in [6.45, 7) is 4.95. The fourth-order valence-electron chi connectivity index (χ4n) is 3.18. The maximum Gasteiger partial charge on any atom is 0.263 e. The molecule has 0 radical (unpaired) electrons. The van der Waals surface area contributed by atoms with Crippen LogP contribution in [0.2, 0.25) is 0 Å². The van der Waals surface area contributed by atoms with Crippen molar-refractivity contribution in [2.45, 2.75) is 26.3 Å². The van der Waals surface area contributed by atoms with Gasteiger partial charge in [-0.3, -0.25) is 4.79 Å². The van der Waals surface area contributed by atoms with Crippen molar-refractivity contribution in [2.24, 2.45) is 0 Å². The van der Waals surface area contributed by atoms with Crippen LogP contribution in [-0.2, 0) is 6.42 Å². The van der Waals surface area contributed by atoms with E-state index < -0.39 is 0 Å². The van der Waals surface area contributed by atoms with Crippen molar-refractivity contribution >= 4 is 17.2 Å². The number of aromatic nitrogens is 1. The number of amides is 1. The molecule has 4 rings (SSSR count). The van der Waals surface area contributed by atoms with E-state index in [-0.39, 0.29) is 11.9 Å². The van der Waals surface area contributed by atoms with Gasteiger partial charge in [-0.05, 0) is 37.1 Å². The van der Waals surface area contributed by atoms with Gasteiger partial charge in [-0.1, -0.05) is 36.4 Å². The van der Waals surface area contributed by atoms with Crippen LogP contribution in [0.15, 0.2) is 48.5 Å². The normalized spacial score (nSPS) is 13.8. The molecule has 5 nitrogen and oxygen atoms in total. The van der Waals surface area contributed by atoms with E-state index in [2.05, 4.69) is 22.4 Å². The third-order valence-corrected chi connectivity index (χ3v) is 5.82. The predicted octanol–water partition coefficient (Wildman–Crippen LogP) is 4.30. The SMILES string of the molecule is Cc1nc(Cc2ccccc2)sc1C(=O)NC(C)c1ccc2c(c1)OCCO2. The highest BCUT2D eigenvalue weighted by Gasteiger charge is 2.20. The van der Waals surface area contributed by atoms with Crippen molar-refractivity contribution in [2.75, 3.05) is 13.2 Å². The number of rotatable bonds is 5. The fourth-order valence-corrected chi connectivity index (χ4v) is 4.19. The van der Waals surface area contributed by atoms with Crippen LogP contribution in [0.5, 0.6) is 11.5 Å². The summed E-state index contributed by atoms with van der Waals surface area (Å²) in [7, 11) is 0. The number of ether oxygens (including phenoxy) is 2. The van der Waals surface area contributed by atoms with Crippen molar-refractivity contribution in [3.05, 3.63) is 75.2 Å². The van der Waals surface area contributed by atoms with E-state index in [1.807, 2.05) is 50.2 Å². The Bertz CT molecular complexity index is 985. The van der Waals surface area contributed by atoms with Gasteiger partial charge in [-0.15, -0.1) is 11.3 Å². The van der Waals surface area contributed by atoms with Crippen molar-refractivity contribution in [3.63, 3.8) is 0 Å². The largest absolute Gasteiger partial charge is 0.486 e. The minimum atomic E-state index is -0.151. The van der Waals surface area contributed by atoms with Crippen LogP contribution in [0.4, 0.5) is 0 Å². The molecule has 0 fully saturated rings. The first-order chi connectivity index (χ1) is 13.6. The van der Waals surface area contributed by atoms with E-state index in [4.69, 9.17) is 9.47 Å². The molecule has 1 aliphatic rings. The molecule has 2 aromatic carbocycles. The van der Waals surface area contributed by atoms with Crippen molar-refractivity contribution in [1.29, 1.82) is 0 Å². The summed E-state index contributed by atoms with van der Waals surface area (Å²) in [5.74, 6) is 1.37. The zero-order valence-electron chi connectivity index (χ0n) is 15.9. The smallest absolute Gasteiger partial charge is 0.263 e. The molecule has 28 heavy (non-hydrogen) atoms.